The van der Waals surface area contributed by atoms with Crippen LogP contribution in [0, 0.1) is 6.92 Å². The van der Waals surface area contributed by atoms with Crippen molar-refractivity contribution in [2.75, 3.05) is 5.32 Å². The van der Waals surface area contributed by atoms with Gasteiger partial charge in [-0.05, 0) is 24.3 Å². The number of hydrogen-bond donors (Lipinski definition) is 2. The Balaban J connectivity index is 1.98. The van der Waals surface area contributed by atoms with E-state index in [9.17, 15) is 9.59 Å². The first-order chi connectivity index (χ1) is 7.16. The van der Waals surface area contributed by atoms with Crippen molar-refractivity contribution in [1.29, 1.82) is 0 Å². The van der Waals surface area contributed by atoms with E-state index < -0.39 is 0 Å². The molecular formula is C10H12N2O2S. The first-order valence-electron chi connectivity index (χ1n) is 4.80. The van der Waals surface area contributed by atoms with E-state index in [-0.39, 0.29) is 17.9 Å². The molecule has 1 aromatic rings. The first kappa shape index (κ1) is 10.2. The minimum atomic E-state index is -0.364. The van der Waals surface area contributed by atoms with Gasteiger partial charge >= 0.3 is 0 Å². The van der Waals surface area contributed by atoms with Gasteiger partial charge in [-0.15, -0.1) is 11.3 Å². The number of rotatable bonds is 2. The summed E-state index contributed by atoms with van der Waals surface area (Å²) in [5, 5.41) is 9.32. The second kappa shape index (κ2) is 4.02. The summed E-state index contributed by atoms with van der Waals surface area (Å²) in [4.78, 5) is 22.6. The number of aryl methyl sites for hydroxylation is 1. The number of thiophene rings is 1. The molecule has 0 unspecified atom stereocenters. The summed E-state index contributed by atoms with van der Waals surface area (Å²) in [5.41, 5.74) is 1.89. The molecule has 0 saturated carbocycles. The molecule has 80 valence electrons. The summed E-state index contributed by atoms with van der Waals surface area (Å²) in [6.45, 7) is 1.94. The monoisotopic (exact) mass is 224 g/mol. The average Bonchev–Trinajstić information content (AvgIpc) is 2.77. The van der Waals surface area contributed by atoms with Gasteiger partial charge in [-0.3, -0.25) is 9.59 Å². The maximum absolute atomic E-state index is 11.7. The summed E-state index contributed by atoms with van der Waals surface area (Å²) < 4.78 is 0. The van der Waals surface area contributed by atoms with E-state index in [1.807, 2.05) is 17.7 Å². The third-order valence-electron chi connectivity index (χ3n) is 2.43. The van der Waals surface area contributed by atoms with Crippen LogP contribution in [0.1, 0.15) is 18.4 Å². The van der Waals surface area contributed by atoms with Crippen LogP contribution in [0.25, 0.3) is 0 Å². The molecule has 2 heterocycles. The largest absolute Gasteiger partial charge is 0.344 e. The Bertz CT molecular complexity index is 400. The molecule has 15 heavy (non-hydrogen) atoms. The number of nitrogens with one attached hydrogen (secondary N) is 2. The predicted octanol–water partition coefficient (Wildman–Crippen LogP) is 1.27. The van der Waals surface area contributed by atoms with Gasteiger partial charge in [0.05, 0.1) is 5.69 Å². The van der Waals surface area contributed by atoms with Crippen molar-refractivity contribution in [2.45, 2.75) is 25.8 Å². The van der Waals surface area contributed by atoms with Gasteiger partial charge in [-0.2, -0.15) is 0 Å². The van der Waals surface area contributed by atoms with Crippen LogP contribution in [0.4, 0.5) is 5.69 Å². The summed E-state index contributed by atoms with van der Waals surface area (Å²) in [6.07, 6.45) is 1.04. The smallest absolute Gasteiger partial charge is 0.246 e. The molecule has 0 aliphatic carbocycles. The molecule has 5 heteroatoms. The van der Waals surface area contributed by atoms with Crippen molar-refractivity contribution < 1.29 is 9.59 Å². The van der Waals surface area contributed by atoms with Crippen molar-refractivity contribution in [3.05, 3.63) is 16.3 Å². The second-order valence-electron chi connectivity index (χ2n) is 3.62. The molecule has 1 atom stereocenters. The van der Waals surface area contributed by atoms with Gasteiger partial charge in [-0.1, -0.05) is 0 Å². The van der Waals surface area contributed by atoms with Crippen LogP contribution in [0.2, 0.25) is 0 Å². The quantitative estimate of drug-likeness (QED) is 0.795. The summed E-state index contributed by atoms with van der Waals surface area (Å²) in [7, 11) is 0. The van der Waals surface area contributed by atoms with Crippen LogP contribution >= 0.6 is 11.3 Å². The molecule has 2 rings (SSSR count). The number of carbonyl (C=O) groups excluding carboxylic acids is 2. The highest BCUT2D eigenvalue weighted by molar-refractivity contribution is 7.08. The molecule has 2 N–H and O–H groups in total. The summed E-state index contributed by atoms with van der Waals surface area (Å²) in [6, 6.07) is -0.364. The number of hydrogen-bond acceptors (Lipinski definition) is 3. The van der Waals surface area contributed by atoms with Gasteiger partial charge in [0.1, 0.15) is 6.04 Å². The lowest BCUT2D eigenvalue weighted by molar-refractivity contribution is -0.122. The predicted molar refractivity (Wildman–Crippen MR) is 58.9 cm³/mol. The topological polar surface area (TPSA) is 58.2 Å². The molecule has 1 saturated heterocycles. The average molecular weight is 224 g/mol. The minimum Gasteiger partial charge on any atom is -0.344 e. The number of carbonyl (C=O) groups is 2. The lowest BCUT2D eigenvalue weighted by Gasteiger charge is -2.10. The fourth-order valence-corrected chi connectivity index (χ4v) is 2.30. The third-order valence-corrected chi connectivity index (χ3v) is 3.29. The Morgan fingerprint density at radius 2 is 2.40 bits per heavy atom. The fourth-order valence-electron chi connectivity index (χ4n) is 1.52. The molecular weight excluding hydrogens is 212 g/mol. The lowest BCUT2D eigenvalue weighted by Crippen LogP contribution is -2.37. The van der Waals surface area contributed by atoms with Crippen LogP contribution in [-0.4, -0.2) is 17.9 Å². The Morgan fingerprint density at radius 1 is 1.60 bits per heavy atom. The molecule has 1 aromatic heterocycles. The van der Waals surface area contributed by atoms with Crippen molar-refractivity contribution in [3.8, 4) is 0 Å². The van der Waals surface area contributed by atoms with E-state index in [1.165, 1.54) is 0 Å². The highest BCUT2D eigenvalue weighted by atomic mass is 32.1. The summed E-state index contributed by atoms with van der Waals surface area (Å²) in [5.74, 6) is -0.167. The van der Waals surface area contributed by atoms with Gasteiger partial charge in [-0.25, -0.2) is 0 Å². The van der Waals surface area contributed by atoms with Gasteiger partial charge in [0.2, 0.25) is 11.8 Å². The Morgan fingerprint density at radius 3 is 2.93 bits per heavy atom. The highest BCUT2D eigenvalue weighted by Gasteiger charge is 2.27. The molecule has 1 fully saturated rings. The molecule has 0 spiro atoms. The van der Waals surface area contributed by atoms with Crippen molar-refractivity contribution in [3.63, 3.8) is 0 Å². The molecule has 0 aromatic carbocycles. The SMILES string of the molecule is Cc1cscc1NC(=O)[C@H]1CCC(=O)N1. The Labute approximate surface area is 91.7 Å². The zero-order valence-corrected chi connectivity index (χ0v) is 9.19. The van der Waals surface area contributed by atoms with E-state index in [2.05, 4.69) is 10.6 Å². The standard InChI is InChI=1S/C10H12N2O2S/c1-6-4-15-5-8(6)12-10(14)7-2-3-9(13)11-7/h4-5,7H,2-3H2,1H3,(H,11,13)(H,12,14)/t7-/m1/s1. The Hall–Kier alpha value is -1.36. The van der Waals surface area contributed by atoms with Crippen LogP contribution in [0.15, 0.2) is 10.8 Å². The molecule has 0 radical (unpaired) electrons. The van der Waals surface area contributed by atoms with Crippen LogP contribution in [0.5, 0.6) is 0 Å². The summed E-state index contributed by atoms with van der Waals surface area (Å²) >= 11 is 1.55. The molecule has 1 aliphatic heterocycles. The van der Waals surface area contributed by atoms with Crippen LogP contribution in [-0.2, 0) is 9.59 Å². The second-order valence-corrected chi connectivity index (χ2v) is 4.36. The van der Waals surface area contributed by atoms with E-state index in [0.717, 1.165) is 11.3 Å². The molecule has 0 bridgehead atoms. The maximum Gasteiger partial charge on any atom is 0.246 e. The van der Waals surface area contributed by atoms with E-state index in [0.29, 0.717) is 12.8 Å². The van der Waals surface area contributed by atoms with Gasteiger partial charge in [0, 0.05) is 11.8 Å². The maximum atomic E-state index is 11.7. The Kier molecular flexibility index (Phi) is 2.73. The van der Waals surface area contributed by atoms with Gasteiger partial charge < -0.3 is 10.6 Å². The van der Waals surface area contributed by atoms with Crippen LogP contribution < -0.4 is 10.6 Å². The van der Waals surface area contributed by atoms with Crippen molar-refractivity contribution >= 4 is 28.8 Å². The van der Waals surface area contributed by atoms with E-state index in [4.69, 9.17) is 0 Å². The lowest BCUT2D eigenvalue weighted by atomic mass is 10.2. The minimum absolute atomic E-state index is 0.0443. The van der Waals surface area contributed by atoms with Gasteiger partial charge in [0.15, 0.2) is 0 Å². The molecule has 2 amide bonds. The van der Waals surface area contributed by atoms with Crippen molar-refractivity contribution in [1.82, 2.24) is 5.32 Å². The van der Waals surface area contributed by atoms with E-state index >= 15 is 0 Å². The fraction of sp³-hybridized carbons (Fsp3) is 0.400. The van der Waals surface area contributed by atoms with Crippen molar-refractivity contribution in [2.24, 2.45) is 0 Å². The molecule has 4 nitrogen and oxygen atoms in total. The van der Waals surface area contributed by atoms with Gasteiger partial charge in [0.25, 0.3) is 0 Å². The van der Waals surface area contributed by atoms with E-state index in [1.54, 1.807) is 11.3 Å². The third kappa shape index (κ3) is 2.18. The normalized spacial score (nSPS) is 20.1. The van der Waals surface area contributed by atoms with Crippen LogP contribution in [0.3, 0.4) is 0 Å². The first-order valence-corrected chi connectivity index (χ1v) is 5.74. The zero-order chi connectivity index (χ0) is 10.8. The highest BCUT2D eigenvalue weighted by Crippen LogP contribution is 2.20. The zero-order valence-electron chi connectivity index (χ0n) is 8.37. The molecule has 1 aliphatic rings. The number of anilines is 1. The number of amides is 2.